The van der Waals surface area contributed by atoms with Crippen LogP contribution in [0.4, 0.5) is 5.69 Å². The smallest absolute Gasteiger partial charge is 0.308 e. The van der Waals surface area contributed by atoms with E-state index < -0.39 is 17.8 Å². The van der Waals surface area contributed by atoms with E-state index in [1.54, 1.807) is 0 Å². The Bertz CT molecular complexity index is 1070. The van der Waals surface area contributed by atoms with E-state index in [0.29, 0.717) is 5.69 Å². The summed E-state index contributed by atoms with van der Waals surface area (Å²) in [6.07, 6.45) is 0. The second-order valence-electron chi connectivity index (χ2n) is 7.96. The quantitative estimate of drug-likeness (QED) is 0.698. The lowest BCUT2D eigenvalue weighted by atomic mass is 9.54. The number of amides is 1. The molecule has 0 saturated heterocycles. The number of fused-ring (bicyclic) bond motifs is 1. The standard InChI is InChI=1S/C25H21NO3/c1-14-10-12-15(13-11-14)26-24(27)22-20-16-6-2-4-8-18(16)21(23(22)25(28)29)19-9-5-3-7-17(19)20/h2-13,20-23H,1H3,(H,26,27)(H,28,29). The van der Waals surface area contributed by atoms with Crippen molar-refractivity contribution in [3.63, 3.8) is 0 Å². The summed E-state index contributed by atoms with van der Waals surface area (Å²) in [7, 11) is 0. The molecule has 0 aliphatic heterocycles. The molecule has 3 aromatic rings. The molecule has 3 aliphatic carbocycles. The van der Waals surface area contributed by atoms with Crippen LogP contribution in [-0.4, -0.2) is 17.0 Å². The van der Waals surface area contributed by atoms with Crippen LogP contribution in [0.1, 0.15) is 39.7 Å². The molecule has 6 rings (SSSR count). The van der Waals surface area contributed by atoms with Gasteiger partial charge in [0.15, 0.2) is 0 Å². The first kappa shape index (κ1) is 17.7. The number of aryl methyl sites for hydroxylation is 1. The molecule has 1 amide bonds. The van der Waals surface area contributed by atoms with Crippen molar-refractivity contribution in [1.29, 1.82) is 0 Å². The van der Waals surface area contributed by atoms with Gasteiger partial charge in [-0.15, -0.1) is 0 Å². The first-order valence-electron chi connectivity index (χ1n) is 9.84. The molecule has 2 atom stereocenters. The lowest BCUT2D eigenvalue weighted by Gasteiger charge is -2.48. The highest BCUT2D eigenvalue weighted by molar-refractivity contribution is 5.98. The van der Waals surface area contributed by atoms with Gasteiger partial charge in [0.1, 0.15) is 0 Å². The zero-order chi connectivity index (χ0) is 20.1. The van der Waals surface area contributed by atoms with Crippen LogP contribution in [0.3, 0.4) is 0 Å². The number of benzene rings is 3. The maximum Gasteiger partial charge on any atom is 0.308 e. The average Bonchev–Trinajstić information content (AvgIpc) is 2.74. The SMILES string of the molecule is Cc1ccc(NC(=O)C2C3c4ccccc4C(c4ccccc43)C2C(=O)O)cc1. The molecule has 2 N–H and O–H groups in total. The van der Waals surface area contributed by atoms with Crippen LogP contribution in [0.5, 0.6) is 0 Å². The third-order valence-electron chi connectivity index (χ3n) is 6.34. The Kier molecular flexibility index (Phi) is 4.02. The summed E-state index contributed by atoms with van der Waals surface area (Å²) in [4.78, 5) is 25.8. The van der Waals surface area contributed by atoms with E-state index in [1.807, 2.05) is 79.7 Å². The summed E-state index contributed by atoms with van der Waals surface area (Å²) in [5, 5.41) is 13.1. The van der Waals surface area contributed by atoms with Crippen molar-refractivity contribution < 1.29 is 14.7 Å². The van der Waals surface area contributed by atoms with Crippen molar-refractivity contribution in [3.8, 4) is 0 Å². The minimum Gasteiger partial charge on any atom is -0.481 e. The van der Waals surface area contributed by atoms with Crippen LogP contribution in [0.15, 0.2) is 72.8 Å². The monoisotopic (exact) mass is 383 g/mol. The number of hydrogen-bond donors (Lipinski definition) is 2. The first-order valence-corrected chi connectivity index (χ1v) is 9.84. The van der Waals surface area contributed by atoms with Gasteiger partial charge in [0.05, 0.1) is 11.8 Å². The third-order valence-corrected chi connectivity index (χ3v) is 6.34. The van der Waals surface area contributed by atoms with E-state index in [1.165, 1.54) is 0 Å². The summed E-state index contributed by atoms with van der Waals surface area (Å²) in [6.45, 7) is 1.99. The van der Waals surface area contributed by atoms with Crippen molar-refractivity contribution in [1.82, 2.24) is 0 Å². The number of anilines is 1. The van der Waals surface area contributed by atoms with Crippen LogP contribution in [0.2, 0.25) is 0 Å². The molecule has 0 aromatic heterocycles. The molecule has 0 fully saturated rings. The third kappa shape index (κ3) is 2.67. The van der Waals surface area contributed by atoms with Crippen LogP contribution in [0, 0.1) is 18.8 Å². The van der Waals surface area contributed by atoms with Gasteiger partial charge in [0, 0.05) is 17.5 Å². The van der Waals surface area contributed by atoms with Crippen molar-refractivity contribution in [2.45, 2.75) is 18.8 Å². The van der Waals surface area contributed by atoms with Gasteiger partial charge in [-0.3, -0.25) is 9.59 Å². The second-order valence-corrected chi connectivity index (χ2v) is 7.96. The molecule has 3 aliphatic rings. The van der Waals surface area contributed by atoms with Gasteiger partial charge in [0.2, 0.25) is 5.91 Å². The van der Waals surface area contributed by atoms with Gasteiger partial charge in [-0.25, -0.2) is 0 Å². The number of hydrogen-bond acceptors (Lipinski definition) is 2. The minimum atomic E-state index is -0.923. The lowest BCUT2D eigenvalue weighted by molar-refractivity contribution is -0.148. The van der Waals surface area contributed by atoms with Gasteiger partial charge in [-0.1, -0.05) is 66.2 Å². The van der Waals surface area contributed by atoms with E-state index in [0.717, 1.165) is 27.8 Å². The molecule has 4 nitrogen and oxygen atoms in total. The Labute approximate surface area is 169 Å². The zero-order valence-electron chi connectivity index (χ0n) is 16.0. The molecule has 3 aromatic carbocycles. The van der Waals surface area contributed by atoms with Crippen molar-refractivity contribution in [2.24, 2.45) is 11.8 Å². The summed E-state index contributed by atoms with van der Waals surface area (Å²) >= 11 is 0. The topological polar surface area (TPSA) is 66.4 Å². The fourth-order valence-corrected chi connectivity index (χ4v) is 5.15. The molecule has 2 unspecified atom stereocenters. The molecule has 0 radical (unpaired) electrons. The van der Waals surface area contributed by atoms with Gasteiger partial charge in [0.25, 0.3) is 0 Å². The van der Waals surface area contributed by atoms with E-state index in [-0.39, 0.29) is 17.7 Å². The molecule has 2 bridgehead atoms. The number of carboxylic acid groups (broad SMARTS) is 1. The zero-order valence-corrected chi connectivity index (χ0v) is 16.0. The van der Waals surface area contributed by atoms with Gasteiger partial charge in [-0.2, -0.15) is 0 Å². The van der Waals surface area contributed by atoms with Crippen LogP contribution >= 0.6 is 0 Å². The highest BCUT2D eigenvalue weighted by atomic mass is 16.4. The van der Waals surface area contributed by atoms with E-state index in [2.05, 4.69) is 5.32 Å². The minimum absolute atomic E-state index is 0.236. The van der Waals surface area contributed by atoms with Gasteiger partial charge in [-0.05, 0) is 41.3 Å². The van der Waals surface area contributed by atoms with Gasteiger partial charge >= 0.3 is 5.97 Å². The van der Waals surface area contributed by atoms with Crippen LogP contribution in [-0.2, 0) is 9.59 Å². The number of nitrogens with one attached hydrogen (secondary N) is 1. The van der Waals surface area contributed by atoms with Crippen molar-refractivity contribution in [2.75, 3.05) is 5.32 Å². The highest BCUT2D eigenvalue weighted by Gasteiger charge is 2.55. The fraction of sp³-hybridized carbons (Fsp3) is 0.200. The van der Waals surface area contributed by atoms with Crippen molar-refractivity contribution >= 4 is 17.6 Å². The molecule has 144 valence electrons. The Morgan fingerprint density at radius 2 is 1.17 bits per heavy atom. The van der Waals surface area contributed by atoms with Crippen molar-refractivity contribution in [3.05, 3.63) is 101 Å². The Hall–Kier alpha value is -3.40. The molecule has 0 heterocycles. The summed E-state index contributed by atoms with van der Waals surface area (Å²) in [5.74, 6) is -3.20. The molecule has 4 heteroatoms. The number of carbonyl (C=O) groups excluding carboxylic acids is 1. The van der Waals surface area contributed by atoms with Crippen LogP contribution < -0.4 is 5.32 Å². The second kappa shape index (κ2) is 6.59. The van der Waals surface area contributed by atoms with Gasteiger partial charge < -0.3 is 10.4 Å². The molecule has 0 spiro atoms. The lowest BCUT2D eigenvalue weighted by Crippen LogP contribution is -2.48. The largest absolute Gasteiger partial charge is 0.481 e. The predicted octanol–water partition coefficient (Wildman–Crippen LogP) is 4.54. The summed E-state index contributed by atoms with van der Waals surface area (Å²) < 4.78 is 0. The molecule has 0 saturated carbocycles. The summed E-state index contributed by atoms with van der Waals surface area (Å²) in [6, 6.07) is 23.5. The van der Waals surface area contributed by atoms with E-state index in [9.17, 15) is 14.7 Å². The Morgan fingerprint density at radius 1 is 0.724 bits per heavy atom. The van der Waals surface area contributed by atoms with E-state index >= 15 is 0 Å². The maximum absolute atomic E-state index is 13.4. The summed E-state index contributed by atoms with van der Waals surface area (Å²) in [5.41, 5.74) is 5.99. The number of carboxylic acids is 1. The molecule has 29 heavy (non-hydrogen) atoms. The number of rotatable bonds is 3. The molecular formula is C25H21NO3. The number of carbonyl (C=O) groups is 2. The average molecular weight is 383 g/mol. The Balaban J connectivity index is 1.64. The fourth-order valence-electron chi connectivity index (χ4n) is 5.15. The highest BCUT2D eigenvalue weighted by Crippen LogP contribution is 2.58. The first-order chi connectivity index (χ1) is 14.1. The Morgan fingerprint density at radius 3 is 1.62 bits per heavy atom. The maximum atomic E-state index is 13.4. The number of aliphatic carboxylic acids is 1. The predicted molar refractivity (Wildman–Crippen MR) is 111 cm³/mol. The molecular weight excluding hydrogens is 362 g/mol. The van der Waals surface area contributed by atoms with E-state index in [4.69, 9.17) is 0 Å². The normalized spacial score (nSPS) is 23.8. The van der Waals surface area contributed by atoms with Crippen LogP contribution in [0.25, 0.3) is 0 Å².